The summed E-state index contributed by atoms with van der Waals surface area (Å²) in [4.78, 5) is 2.18. The van der Waals surface area contributed by atoms with Crippen molar-refractivity contribution < 1.29 is 9.50 Å². The van der Waals surface area contributed by atoms with Crippen LogP contribution in [0.3, 0.4) is 0 Å². The number of benzene rings is 1. The van der Waals surface area contributed by atoms with Crippen LogP contribution in [-0.2, 0) is 0 Å². The summed E-state index contributed by atoms with van der Waals surface area (Å²) in [6.45, 7) is 5.67. The molecule has 0 heterocycles. The molecule has 0 saturated carbocycles. The molecule has 4 heteroatoms. The minimum absolute atomic E-state index is 0.0132. The maximum Gasteiger partial charge on any atom is 0.123 e. The summed E-state index contributed by atoms with van der Waals surface area (Å²) in [5, 5.41) is 9.22. The fourth-order valence-electron chi connectivity index (χ4n) is 2.39. The largest absolute Gasteiger partial charge is 0.395 e. The van der Waals surface area contributed by atoms with Gasteiger partial charge in [-0.3, -0.25) is 4.90 Å². The van der Waals surface area contributed by atoms with Crippen LogP contribution in [0.5, 0.6) is 0 Å². The molecule has 0 aliphatic rings. The number of nitrogens with zero attached hydrogens (tertiary/aromatic N) is 1. The van der Waals surface area contributed by atoms with Crippen LogP contribution in [0, 0.1) is 5.82 Å². The van der Waals surface area contributed by atoms with E-state index in [1.807, 2.05) is 6.92 Å². The highest BCUT2D eigenvalue weighted by Gasteiger charge is 2.23. The van der Waals surface area contributed by atoms with E-state index in [9.17, 15) is 9.50 Å². The van der Waals surface area contributed by atoms with E-state index < -0.39 is 0 Å². The lowest BCUT2D eigenvalue weighted by Gasteiger charge is -2.34. The van der Waals surface area contributed by atoms with E-state index in [0.29, 0.717) is 6.54 Å². The van der Waals surface area contributed by atoms with Gasteiger partial charge in [0, 0.05) is 18.6 Å². The van der Waals surface area contributed by atoms with Crippen molar-refractivity contribution in [1.29, 1.82) is 0 Å². The molecule has 0 saturated heterocycles. The molecule has 2 unspecified atom stereocenters. The molecule has 0 fully saturated rings. The summed E-state index contributed by atoms with van der Waals surface area (Å²) < 4.78 is 13.0. The van der Waals surface area contributed by atoms with Crippen molar-refractivity contribution in [3.8, 4) is 0 Å². The number of unbranched alkanes of at least 4 members (excludes halogenated alkanes) is 1. The Kier molecular flexibility index (Phi) is 6.99. The highest BCUT2D eigenvalue weighted by atomic mass is 19.1. The van der Waals surface area contributed by atoms with Crippen molar-refractivity contribution >= 4 is 0 Å². The second-order valence-electron chi connectivity index (χ2n) is 4.97. The Labute approximate surface area is 115 Å². The molecule has 0 amide bonds. The van der Waals surface area contributed by atoms with Crippen LogP contribution < -0.4 is 5.73 Å². The van der Waals surface area contributed by atoms with Crippen molar-refractivity contribution in [3.63, 3.8) is 0 Å². The second kappa shape index (κ2) is 8.25. The average molecular weight is 268 g/mol. The monoisotopic (exact) mass is 268 g/mol. The summed E-state index contributed by atoms with van der Waals surface area (Å²) in [5.74, 6) is -0.241. The van der Waals surface area contributed by atoms with Crippen molar-refractivity contribution in [2.75, 3.05) is 19.7 Å². The van der Waals surface area contributed by atoms with Crippen LogP contribution in [0.15, 0.2) is 24.3 Å². The summed E-state index contributed by atoms with van der Waals surface area (Å²) >= 11 is 0. The zero-order valence-electron chi connectivity index (χ0n) is 11.8. The first-order valence-corrected chi connectivity index (χ1v) is 6.96. The molecule has 0 radical (unpaired) electrons. The maximum absolute atomic E-state index is 13.0. The Morgan fingerprint density at radius 2 is 1.89 bits per heavy atom. The predicted molar refractivity (Wildman–Crippen MR) is 76.4 cm³/mol. The van der Waals surface area contributed by atoms with E-state index in [1.165, 1.54) is 12.1 Å². The number of hydrogen-bond acceptors (Lipinski definition) is 3. The highest BCUT2D eigenvalue weighted by Crippen LogP contribution is 2.24. The van der Waals surface area contributed by atoms with Gasteiger partial charge >= 0.3 is 0 Å². The van der Waals surface area contributed by atoms with Gasteiger partial charge in [-0.2, -0.15) is 0 Å². The number of aliphatic hydroxyl groups excluding tert-OH is 1. The quantitative estimate of drug-likeness (QED) is 0.760. The Bertz CT molecular complexity index is 354. The molecule has 2 atom stereocenters. The minimum atomic E-state index is -0.241. The lowest BCUT2D eigenvalue weighted by molar-refractivity contribution is 0.135. The molecule has 0 bridgehead atoms. The standard InChI is InChI=1S/C15H25FN2O/c1-3-4-9-18(10-11-19)15(12(2)17)13-5-7-14(16)8-6-13/h5-8,12,15,19H,3-4,9-11,17H2,1-2H3. The Hall–Kier alpha value is -0.970. The molecule has 1 aromatic carbocycles. The molecule has 1 aromatic rings. The summed E-state index contributed by atoms with van der Waals surface area (Å²) in [6.07, 6.45) is 2.15. The van der Waals surface area contributed by atoms with Gasteiger partial charge in [-0.25, -0.2) is 4.39 Å². The lowest BCUT2D eigenvalue weighted by Crippen LogP contribution is -2.41. The summed E-state index contributed by atoms with van der Waals surface area (Å²) in [6, 6.07) is 6.41. The van der Waals surface area contributed by atoms with Crippen LogP contribution in [0.25, 0.3) is 0 Å². The molecule has 0 aromatic heterocycles. The SMILES string of the molecule is CCCCN(CCO)C(c1ccc(F)cc1)C(C)N. The third kappa shape index (κ3) is 4.90. The second-order valence-corrected chi connectivity index (χ2v) is 4.97. The molecule has 19 heavy (non-hydrogen) atoms. The van der Waals surface area contributed by atoms with Gasteiger partial charge in [0.1, 0.15) is 5.82 Å². The zero-order chi connectivity index (χ0) is 14.3. The fourth-order valence-corrected chi connectivity index (χ4v) is 2.39. The molecule has 3 N–H and O–H groups in total. The van der Waals surface area contributed by atoms with E-state index in [1.54, 1.807) is 12.1 Å². The highest BCUT2D eigenvalue weighted by molar-refractivity contribution is 5.21. The normalized spacial score (nSPS) is 14.6. The van der Waals surface area contributed by atoms with Gasteiger partial charge in [-0.1, -0.05) is 25.5 Å². The number of aliphatic hydroxyl groups is 1. The molecule has 0 aliphatic carbocycles. The first-order valence-electron chi connectivity index (χ1n) is 6.96. The predicted octanol–water partition coefficient (Wildman–Crippen LogP) is 2.31. The number of hydrogen-bond donors (Lipinski definition) is 2. The molecule has 0 spiro atoms. The zero-order valence-corrected chi connectivity index (χ0v) is 11.8. The molecule has 0 aliphatic heterocycles. The van der Waals surface area contributed by atoms with Crippen molar-refractivity contribution in [3.05, 3.63) is 35.6 Å². The smallest absolute Gasteiger partial charge is 0.123 e. The first kappa shape index (κ1) is 16.1. The van der Waals surface area contributed by atoms with Crippen LogP contribution in [-0.4, -0.2) is 35.7 Å². The first-order chi connectivity index (χ1) is 9.10. The Morgan fingerprint density at radius 3 is 2.37 bits per heavy atom. The number of nitrogens with two attached hydrogens (primary N) is 1. The third-order valence-corrected chi connectivity index (χ3v) is 3.29. The average Bonchev–Trinajstić information content (AvgIpc) is 2.38. The molecule has 108 valence electrons. The van der Waals surface area contributed by atoms with Crippen LogP contribution in [0.2, 0.25) is 0 Å². The van der Waals surface area contributed by atoms with Gasteiger partial charge in [0.15, 0.2) is 0 Å². The van der Waals surface area contributed by atoms with Crippen LogP contribution in [0.1, 0.15) is 38.3 Å². The minimum Gasteiger partial charge on any atom is -0.395 e. The molecular weight excluding hydrogens is 243 g/mol. The van der Waals surface area contributed by atoms with E-state index in [2.05, 4.69) is 11.8 Å². The van der Waals surface area contributed by atoms with Gasteiger partial charge in [-0.05, 0) is 37.6 Å². The van der Waals surface area contributed by atoms with Crippen LogP contribution >= 0.6 is 0 Å². The Morgan fingerprint density at radius 1 is 1.26 bits per heavy atom. The van der Waals surface area contributed by atoms with Crippen molar-refractivity contribution in [2.24, 2.45) is 5.73 Å². The Balaban J connectivity index is 2.92. The fraction of sp³-hybridized carbons (Fsp3) is 0.600. The molecule has 3 nitrogen and oxygen atoms in total. The van der Waals surface area contributed by atoms with E-state index in [-0.39, 0.29) is 24.5 Å². The number of halogens is 1. The molecule has 1 rings (SSSR count). The number of rotatable bonds is 8. The van der Waals surface area contributed by atoms with Gasteiger partial charge < -0.3 is 10.8 Å². The molecular formula is C15H25FN2O. The van der Waals surface area contributed by atoms with E-state index >= 15 is 0 Å². The van der Waals surface area contributed by atoms with Gasteiger partial charge in [0.25, 0.3) is 0 Å². The third-order valence-electron chi connectivity index (χ3n) is 3.29. The summed E-state index contributed by atoms with van der Waals surface area (Å²) in [7, 11) is 0. The van der Waals surface area contributed by atoms with Crippen molar-refractivity contribution in [1.82, 2.24) is 4.90 Å². The topological polar surface area (TPSA) is 49.5 Å². The maximum atomic E-state index is 13.0. The van der Waals surface area contributed by atoms with Gasteiger partial charge in [0.2, 0.25) is 0 Å². The van der Waals surface area contributed by atoms with Crippen molar-refractivity contribution in [2.45, 2.75) is 38.8 Å². The van der Waals surface area contributed by atoms with Gasteiger partial charge in [-0.15, -0.1) is 0 Å². The summed E-state index contributed by atoms with van der Waals surface area (Å²) in [5.41, 5.74) is 7.09. The van der Waals surface area contributed by atoms with E-state index in [0.717, 1.165) is 24.9 Å². The lowest BCUT2D eigenvalue weighted by atomic mass is 9.98. The van der Waals surface area contributed by atoms with Crippen LogP contribution in [0.4, 0.5) is 4.39 Å². The van der Waals surface area contributed by atoms with Gasteiger partial charge in [0.05, 0.1) is 6.61 Å². The van der Waals surface area contributed by atoms with E-state index in [4.69, 9.17) is 5.73 Å².